The fourth-order valence-electron chi connectivity index (χ4n) is 3.15. The van der Waals surface area contributed by atoms with Gasteiger partial charge in [-0.1, -0.05) is 18.2 Å². The number of nitrogens with one attached hydrogen (secondary N) is 1. The topological polar surface area (TPSA) is 12.0 Å². The third-order valence-electron chi connectivity index (χ3n) is 4.76. The first-order valence-corrected chi connectivity index (χ1v) is 6.97. The highest BCUT2D eigenvalue weighted by Crippen LogP contribution is 2.60. The van der Waals surface area contributed by atoms with Crippen LogP contribution in [0.1, 0.15) is 42.4 Å². The molecule has 0 radical (unpaired) electrons. The molecular formula is C16H23N. The summed E-state index contributed by atoms with van der Waals surface area (Å²) in [6.07, 6.45) is 5.92. The van der Waals surface area contributed by atoms with Gasteiger partial charge >= 0.3 is 0 Å². The van der Waals surface area contributed by atoms with Crippen LogP contribution in [0.3, 0.4) is 0 Å². The molecule has 17 heavy (non-hydrogen) atoms. The van der Waals surface area contributed by atoms with Gasteiger partial charge in [0.15, 0.2) is 0 Å². The maximum absolute atomic E-state index is 3.71. The normalized spacial score (nSPS) is 21.5. The van der Waals surface area contributed by atoms with Gasteiger partial charge in [-0.25, -0.2) is 0 Å². The van der Waals surface area contributed by atoms with Gasteiger partial charge in [0.1, 0.15) is 0 Å². The molecule has 0 amide bonds. The molecule has 1 aromatic carbocycles. The van der Waals surface area contributed by atoms with Crippen LogP contribution in [0.5, 0.6) is 0 Å². The molecule has 0 aliphatic heterocycles. The highest BCUT2D eigenvalue weighted by molar-refractivity contribution is 5.33. The summed E-state index contributed by atoms with van der Waals surface area (Å²) in [6.45, 7) is 6.73. The van der Waals surface area contributed by atoms with Crippen molar-refractivity contribution in [2.75, 3.05) is 6.54 Å². The lowest BCUT2D eigenvalue weighted by atomic mass is 9.99. The van der Waals surface area contributed by atoms with Gasteiger partial charge in [0, 0.05) is 13.1 Å². The maximum atomic E-state index is 3.71. The fraction of sp³-hybridized carbons (Fsp3) is 0.625. The Kier molecular flexibility index (Phi) is 2.74. The second kappa shape index (κ2) is 4.13. The Morgan fingerprint density at radius 1 is 1.18 bits per heavy atom. The Hall–Kier alpha value is -0.820. The second-order valence-electron chi connectivity index (χ2n) is 6.11. The van der Waals surface area contributed by atoms with Crippen molar-refractivity contribution < 1.29 is 0 Å². The molecule has 1 N–H and O–H groups in total. The average molecular weight is 229 g/mol. The minimum Gasteiger partial charge on any atom is -0.312 e. The van der Waals surface area contributed by atoms with Crippen molar-refractivity contribution in [3.63, 3.8) is 0 Å². The first-order chi connectivity index (χ1) is 8.21. The van der Waals surface area contributed by atoms with Gasteiger partial charge in [-0.3, -0.25) is 0 Å². The summed E-state index contributed by atoms with van der Waals surface area (Å²) in [5.41, 5.74) is 5.07. The summed E-state index contributed by atoms with van der Waals surface area (Å²) in [5.74, 6) is 1.06. The maximum Gasteiger partial charge on any atom is 0.0210 e. The van der Waals surface area contributed by atoms with Crippen LogP contribution in [0.4, 0.5) is 0 Å². The van der Waals surface area contributed by atoms with E-state index in [1.165, 1.54) is 48.9 Å². The molecule has 2 aliphatic rings. The molecule has 0 bridgehead atoms. The number of hydrogen-bond donors (Lipinski definition) is 1. The van der Waals surface area contributed by atoms with Gasteiger partial charge in [-0.05, 0) is 67.6 Å². The summed E-state index contributed by atoms with van der Waals surface area (Å²) < 4.78 is 0. The van der Waals surface area contributed by atoms with Gasteiger partial charge in [-0.15, -0.1) is 0 Å². The molecule has 2 saturated carbocycles. The first-order valence-electron chi connectivity index (χ1n) is 6.97. The van der Waals surface area contributed by atoms with Crippen LogP contribution in [0.2, 0.25) is 0 Å². The third kappa shape index (κ3) is 2.26. The number of rotatable bonds is 5. The predicted octanol–water partition coefficient (Wildman–Crippen LogP) is 3.58. The van der Waals surface area contributed by atoms with E-state index in [4.69, 9.17) is 0 Å². The molecule has 1 nitrogen and oxygen atoms in total. The van der Waals surface area contributed by atoms with Crippen molar-refractivity contribution in [2.24, 2.45) is 11.3 Å². The monoisotopic (exact) mass is 229 g/mol. The standard InChI is InChI=1S/C16H23N/c1-12-4-3-5-13(2)15(12)10-17-11-16(8-9-16)14-6-7-14/h3-5,14,17H,6-11H2,1-2H3. The average Bonchev–Trinajstić information content (AvgIpc) is 3.14. The SMILES string of the molecule is Cc1cccc(C)c1CNCC1(C2CC2)CC1. The molecule has 1 heteroatoms. The van der Waals surface area contributed by atoms with Crippen LogP contribution >= 0.6 is 0 Å². The molecule has 2 fully saturated rings. The molecule has 0 saturated heterocycles. The van der Waals surface area contributed by atoms with Crippen LogP contribution in [-0.2, 0) is 6.54 Å². The molecule has 0 heterocycles. The van der Waals surface area contributed by atoms with Crippen molar-refractivity contribution in [1.82, 2.24) is 5.32 Å². The molecule has 0 spiro atoms. The van der Waals surface area contributed by atoms with Crippen LogP contribution in [0.25, 0.3) is 0 Å². The smallest absolute Gasteiger partial charge is 0.0210 e. The van der Waals surface area contributed by atoms with E-state index >= 15 is 0 Å². The predicted molar refractivity (Wildman–Crippen MR) is 72.0 cm³/mol. The lowest BCUT2D eigenvalue weighted by Crippen LogP contribution is -2.25. The van der Waals surface area contributed by atoms with Crippen molar-refractivity contribution in [1.29, 1.82) is 0 Å². The number of hydrogen-bond acceptors (Lipinski definition) is 1. The molecular weight excluding hydrogens is 206 g/mol. The van der Waals surface area contributed by atoms with E-state index in [9.17, 15) is 0 Å². The summed E-state index contributed by atoms with van der Waals surface area (Å²) >= 11 is 0. The van der Waals surface area contributed by atoms with E-state index in [-0.39, 0.29) is 0 Å². The van der Waals surface area contributed by atoms with E-state index in [2.05, 4.69) is 37.4 Å². The largest absolute Gasteiger partial charge is 0.312 e. The zero-order valence-electron chi connectivity index (χ0n) is 11.1. The minimum atomic E-state index is 0.719. The van der Waals surface area contributed by atoms with Gasteiger partial charge in [0.25, 0.3) is 0 Å². The summed E-state index contributed by atoms with van der Waals surface area (Å²) in [6, 6.07) is 6.59. The lowest BCUT2D eigenvalue weighted by Gasteiger charge is -2.16. The van der Waals surface area contributed by atoms with Crippen molar-refractivity contribution in [3.8, 4) is 0 Å². The van der Waals surface area contributed by atoms with Crippen LogP contribution in [0.15, 0.2) is 18.2 Å². The van der Waals surface area contributed by atoms with E-state index in [1.807, 2.05) is 0 Å². The van der Waals surface area contributed by atoms with E-state index in [1.54, 1.807) is 0 Å². The molecule has 0 aromatic heterocycles. The number of aryl methyl sites for hydroxylation is 2. The van der Waals surface area contributed by atoms with Gasteiger partial charge in [-0.2, -0.15) is 0 Å². The highest BCUT2D eigenvalue weighted by Gasteiger charge is 2.53. The summed E-state index contributed by atoms with van der Waals surface area (Å²) in [4.78, 5) is 0. The van der Waals surface area contributed by atoms with E-state index in [0.29, 0.717) is 0 Å². The Bertz CT molecular complexity index is 393. The van der Waals surface area contributed by atoms with Crippen molar-refractivity contribution in [3.05, 3.63) is 34.9 Å². The quantitative estimate of drug-likeness (QED) is 0.813. The number of benzene rings is 1. The summed E-state index contributed by atoms with van der Waals surface area (Å²) in [7, 11) is 0. The first kappa shape index (κ1) is 11.3. The zero-order chi connectivity index (χ0) is 11.9. The molecule has 0 atom stereocenters. The van der Waals surface area contributed by atoms with E-state index in [0.717, 1.165) is 17.9 Å². The minimum absolute atomic E-state index is 0.719. The van der Waals surface area contributed by atoms with Crippen molar-refractivity contribution in [2.45, 2.75) is 46.1 Å². The molecule has 2 aliphatic carbocycles. The Morgan fingerprint density at radius 3 is 2.35 bits per heavy atom. The summed E-state index contributed by atoms with van der Waals surface area (Å²) in [5, 5.41) is 3.71. The van der Waals surface area contributed by atoms with Crippen LogP contribution in [-0.4, -0.2) is 6.54 Å². The van der Waals surface area contributed by atoms with Crippen molar-refractivity contribution >= 4 is 0 Å². The molecule has 0 unspecified atom stereocenters. The van der Waals surface area contributed by atoms with Gasteiger partial charge in [0.05, 0.1) is 0 Å². The Morgan fingerprint density at radius 2 is 1.82 bits per heavy atom. The third-order valence-corrected chi connectivity index (χ3v) is 4.76. The Balaban J connectivity index is 1.57. The van der Waals surface area contributed by atoms with Gasteiger partial charge < -0.3 is 5.32 Å². The van der Waals surface area contributed by atoms with Gasteiger partial charge in [0.2, 0.25) is 0 Å². The highest BCUT2D eigenvalue weighted by atomic mass is 14.9. The van der Waals surface area contributed by atoms with Crippen LogP contribution < -0.4 is 5.32 Å². The second-order valence-corrected chi connectivity index (χ2v) is 6.11. The molecule has 3 rings (SSSR count). The molecule has 92 valence electrons. The fourth-order valence-corrected chi connectivity index (χ4v) is 3.15. The Labute approximate surface area is 105 Å². The molecule has 1 aromatic rings. The van der Waals surface area contributed by atoms with Crippen LogP contribution in [0, 0.1) is 25.2 Å². The lowest BCUT2D eigenvalue weighted by molar-refractivity contribution is 0.403. The van der Waals surface area contributed by atoms with E-state index < -0.39 is 0 Å². The zero-order valence-corrected chi connectivity index (χ0v) is 11.1.